The standard InChI is InChI=1S/C14H25N3O2/c1-17-8-5-12(9-13(17)18)14(19)16-7-4-11-3-2-6-15-10-11/h11-12,15H,2-10H2,1H3,(H,16,19). The molecule has 2 N–H and O–H groups in total. The molecule has 5 nitrogen and oxygen atoms in total. The van der Waals surface area contributed by atoms with E-state index in [-0.39, 0.29) is 17.7 Å². The Morgan fingerprint density at radius 1 is 1.47 bits per heavy atom. The van der Waals surface area contributed by atoms with Gasteiger partial charge in [-0.3, -0.25) is 9.59 Å². The minimum absolute atomic E-state index is 0.0604. The van der Waals surface area contributed by atoms with Crippen molar-refractivity contribution >= 4 is 11.8 Å². The molecule has 0 radical (unpaired) electrons. The average molecular weight is 267 g/mol. The van der Waals surface area contributed by atoms with Crippen LogP contribution in [0.15, 0.2) is 0 Å². The van der Waals surface area contributed by atoms with E-state index in [1.54, 1.807) is 11.9 Å². The van der Waals surface area contributed by atoms with Gasteiger partial charge in [0, 0.05) is 32.5 Å². The van der Waals surface area contributed by atoms with E-state index in [2.05, 4.69) is 10.6 Å². The second kappa shape index (κ2) is 6.89. The van der Waals surface area contributed by atoms with Crippen LogP contribution in [0.5, 0.6) is 0 Å². The lowest BCUT2D eigenvalue weighted by Crippen LogP contribution is -2.42. The highest BCUT2D eigenvalue weighted by Crippen LogP contribution is 2.17. The fourth-order valence-electron chi connectivity index (χ4n) is 2.88. The van der Waals surface area contributed by atoms with E-state index < -0.39 is 0 Å². The molecule has 2 aliphatic rings. The molecule has 5 heteroatoms. The molecule has 0 aliphatic carbocycles. The molecule has 2 heterocycles. The van der Waals surface area contributed by atoms with E-state index in [0.29, 0.717) is 18.9 Å². The molecule has 2 atom stereocenters. The van der Waals surface area contributed by atoms with E-state index in [1.807, 2.05) is 0 Å². The van der Waals surface area contributed by atoms with Crippen molar-refractivity contribution in [3.8, 4) is 0 Å². The van der Waals surface area contributed by atoms with Crippen LogP contribution < -0.4 is 10.6 Å². The first-order valence-electron chi connectivity index (χ1n) is 7.39. The van der Waals surface area contributed by atoms with Crippen molar-refractivity contribution in [1.82, 2.24) is 15.5 Å². The van der Waals surface area contributed by atoms with Gasteiger partial charge in [-0.25, -0.2) is 0 Å². The molecular weight excluding hydrogens is 242 g/mol. The lowest BCUT2D eigenvalue weighted by Gasteiger charge is -2.28. The van der Waals surface area contributed by atoms with E-state index >= 15 is 0 Å². The number of carbonyl (C=O) groups excluding carboxylic acids is 2. The van der Waals surface area contributed by atoms with Crippen LogP contribution in [0.2, 0.25) is 0 Å². The van der Waals surface area contributed by atoms with Gasteiger partial charge in [0.1, 0.15) is 0 Å². The Balaban J connectivity index is 1.65. The Labute approximate surface area is 115 Å². The van der Waals surface area contributed by atoms with Crippen LogP contribution in [0.4, 0.5) is 0 Å². The molecule has 0 saturated carbocycles. The summed E-state index contributed by atoms with van der Waals surface area (Å²) in [5.74, 6) is 0.717. The number of hydrogen-bond acceptors (Lipinski definition) is 3. The van der Waals surface area contributed by atoms with Crippen molar-refractivity contribution in [1.29, 1.82) is 0 Å². The number of amides is 2. The first-order chi connectivity index (χ1) is 9.16. The predicted molar refractivity (Wildman–Crippen MR) is 73.6 cm³/mol. The van der Waals surface area contributed by atoms with Gasteiger partial charge in [-0.15, -0.1) is 0 Å². The minimum atomic E-state index is -0.117. The zero-order valence-corrected chi connectivity index (χ0v) is 11.8. The van der Waals surface area contributed by atoms with Gasteiger partial charge in [0.2, 0.25) is 11.8 Å². The molecule has 0 aromatic heterocycles. The van der Waals surface area contributed by atoms with Crippen molar-refractivity contribution in [2.24, 2.45) is 11.8 Å². The van der Waals surface area contributed by atoms with Gasteiger partial charge >= 0.3 is 0 Å². The SMILES string of the molecule is CN1CCC(C(=O)NCCC2CCCNC2)CC1=O. The van der Waals surface area contributed by atoms with Crippen molar-refractivity contribution in [2.75, 3.05) is 33.2 Å². The van der Waals surface area contributed by atoms with Crippen molar-refractivity contribution in [3.05, 3.63) is 0 Å². The lowest BCUT2D eigenvalue weighted by molar-refractivity contribution is -0.139. The Morgan fingerprint density at radius 2 is 2.32 bits per heavy atom. The van der Waals surface area contributed by atoms with E-state index in [0.717, 1.165) is 32.5 Å². The summed E-state index contributed by atoms with van der Waals surface area (Å²) in [6, 6.07) is 0. The Bertz CT molecular complexity index is 327. The maximum atomic E-state index is 12.0. The lowest BCUT2D eigenvalue weighted by atomic mass is 9.94. The van der Waals surface area contributed by atoms with Crippen molar-refractivity contribution in [3.63, 3.8) is 0 Å². The minimum Gasteiger partial charge on any atom is -0.356 e. The summed E-state index contributed by atoms with van der Waals surface area (Å²) < 4.78 is 0. The third-order valence-electron chi connectivity index (χ3n) is 4.28. The van der Waals surface area contributed by atoms with Crippen molar-refractivity contribution in [2.45, 2.75) is 32.1 Å². The number of carbonyl (C=O) groups is 2. The quantitative estimate of drug-likeness (QED) is 0.773. The molecule has 0 bridgehead atoms. The van der Waals surface area contributed by atoms with Gasteiger partial charge in [-0.1, -0.05) is 0 Å². The van der Waals surface area contributed by atoms with Gasteiger partial charge in [0.25, 0.3) is 0 Å². The molecule has 2 saturated heterocycles. The summed E-state index contributed by atoms with van der Waals surface area (Å²) in [5.41, 5.74) is 0. The van der Waals surface area contributed by atoms with Crippen LogP contribution in [0, 0.1) is 11.8 Å². The monoisotopic (exact) mass is 267 g/mol. The first kappa shape index (κ1) is 14.3. The maximum Gasteiger partial charge on any atom is 0.223 e. The summed E-state index contributed by atoms with van der Waals surface area (Å²) >= 11 is 0. The molecule has 108 valence electrons. The molecule has 2 rings (SSSR count). The fourth-order valence-corrected chi connectivity index (χ4v) is 2.88. The van der Waals surface area contributed by atoms with Gasteiger partial charge in [-0.2, -0.15) is 0 Å². The van der Waals surface area contributed by atoms with Gasteiger partial charge < -0.3 is 15.5 Å². The summed E-state index contributed by atoms with van der Waals surface area (Å²) in [5, 5.41) is 6.38. The first-order valence-corrected chi connectivity index (χ1v) is 7.39. The highest BCUT2D eigenvalue weighted by atomic mass is 16.2. The zero-order valence-electron chi connectivity index (χ0n) is 11.8. The van der Waals surface area contributed by atoms with Gasteiger partial charge in [0.15, 0.2) is 0 Å². The number of nitrogens with zero attached hydrogens (tertiary/aromatic N) is 1. The number of hydrogen-bond donors (Lipinski definition) is 2. The Kier molecular flexibility index (Phi) is 5.19. The summed E-state index contributed by atoms with van der Waals surface area (Å²) in [4.78, 5) is 25.3. The average Bonchev–Trinajstić information content (AvgIpc) is 2.43. The smallest absolute Gasteiger partial charge is 0.223 e. The van der Waals surface area contributed by atoms with Gasteiger partial charge in [-0.05, 0) is 44.7 Å². The molecule has 2 amide bonds. The second-order valence-corrected chi connectivity index (χ2v) is 5.80. The highest BCUT2D eigenvalue weighted by molar-refractivity contribution is 5.86. The summed E-state index contributed by atoms with van der Waals surface area (Å²) in [6.07, 6.45) is 4.70. The molecule has 0 aromatic carbocycles. The van der Waals surface area contributed by atoms with Crippen LogP contribution in [-0.2, 0) is 9.59 Å². The van der Waals surface area contributed by atoms with Crippen LogP contribution in [0.1, 0.15) is 32.1 Å². The molecule has 19 heavy (non-hydrogen) atoms. The number of nitrogens with one attached hydrogen (secondary N) is 2. The Hall–Kier alpha value is -1.10. The number of piperidine rings is 2. The molecular formula is C14H25N3O2. The van der Waals surface area contributed by atoms with Crippen LogP contribution in [0.3, 0.4) is 0 Å². The van der Waals surface area contributed by atoms with Crippen LogP contribution >= 0.6 is 0 Å². The predicted octanol–water partition coefficient (Wildman–Crippen LogP) is 0.361. The van der Waals surface area contributed by atoms with E-state index in [4.69, 9.17) is 0 Å². The molecule has 2 fully saturated rings. The molecule has 0 spiro atoms. The van der Waals surface area contributed by atoms with Crippen molar-refractivity contribution < 1.29 is 9.59 Å². The normalized spacial score (nSPS) is 28.3. The fraction of sp³-hybridized carbons (Fsp3) is 0.857. The molecule has 2 aliphatic heterocycles. The summed E-state index contributed by atoms with van der Waals surface area (Å²) in [6.45, 7) is 3.64. The van der Waals surface area contributed by atoms with E-state index in [9.17, 15) is 9.59 Å². The topological polar surface area (TPSA) is 61.4 Å². The molecule has 2 unspecified atom stereocenters. The highest BCUT2D eigenvalue weighted by Gasteiger charge is 2.28. The van der Waals surface area contributed by atoms with Crippen LogP contribution in [-0.4, -0.2) is 49.9 Å². The zero-order chi connectivity index (χ0) is 13.7. The molecule has 0 aromatic rings. The second-order valence-electron chi connectivity index (χ2n) is 5.80. The maximum absolute atomic E-state index is 12.0. The third-order valence-corrected chi connectivity index (χ3v) is 4.28. The number of likely N-dealkylation sites (tertiary alicyclic amines) is 1. The van der Waals surface area contributed by atoms with Crippen LogP contribution in [0.25, 0.3) is 0 Å². The van der Waals surface area contributed by atoms with E-state index in [1.165, 1.54) is 12.8 Å². The summed E-state index contributed by atoms with van der Waals surface area (Å²) in [7, 11) is 1.80. The number of rotatable bonds is 4. The largest absolute Gasteiger partial charge is 0.356 e. The van der Waals surface area contributed by atoms with Gasteiger partial charge in [0.05, 0.1) is 0 Å². The third kappa shape index (κ3) is 4.20. The Morgan fingerprint density at radius 3 is 3.00 bits per heavy atom.